The van der Waals surface area contributed by atoms with Crippen molar-refractivity contribution in [3.63, 3.8) is 0 Å². The van der Waals surface area contributed by atoms with Crippen LogP contribution in [0.1, 0.15) is 12.5 Å². The first kappa shape index (κ1) is 23.7. The molecule has 2 N–H and O–H groups in total. The molecule has 1 fully saturated rings. The Morgan fingerprint density at radius 3 is 2.07 bits per heavy atom. The Morgan fingerprint density at radius 1 is 1.07 bits per heavy atom. The topological polar surface area (TPSA) is 134 Å². The molecule has 0 radical (unpaired) electrons. The van der Waals surface area contributed by atoms with Gasteiger partial charge < -0.3 is 19.7 Å². The fourth-order valence-corrected chi connectivity index (χ4v) is 3.39. The maximum absolute atomic E-state index is 11.5. The Kier molecular flexibility index (Phi) is 9.16. The van der Waals surface area contributed by atoms with E-state index >= 15 is 0 Å². The molecule has 1 heterocycles. The quantitative estimate of drug-likeness (QED) is 0.627. The van der Waals surface area contributed by atoms with Crippen LogP contribution in [0.25, 0.3) is 0 Å². The van der Waals surface area contributed by atoms with E-state index in [1.54, 1.807) is 7.11 Å². The summed E-state index contributed by atoms with van der Waals surface area (Å²) in [7, 11) is -1.44. The van der Waals surface area contributed by atoms with E-state index in [-0.39, 0.29) is 0 Å². The Hall–Kier alpha value is -2.37. The summed E-state index contributed by atoms with van der Waals surface area (Å²) in [5.41, 5.74) is 1.13. The maximum atomic E-state index is 11.5. The molecule has 1 aliphatic heterocycles. The molecule has 0 saturated carbocycles. The maximum Gasteiger partial charge on any atom is 0.414 e. The molecular formula is C17H26N2O8S. The molecular weight excluding hydrogens is 392 g/mol. The number of benzene rings is 1. The lowest BCUT2D eigenvalue weighted by atomic mass is 10.1. The third kappa shape index (κ3) is 7.71. The molecule has 1 aromatic carbocycles. The zero-order valence-electron chi connectivity index (χ0n) is 16.1. The molecule has 2 rings (SSSR count). The number of carbonyl (C=O) groups is 2. The summed E-state index contributed by atoms with van der Waals surface area (Å²) in [6.45, 7) is 5.89. The lowest BCUT2D eigenvalue weighted by Gasteiger charge is -2.33. The van der Waals surface area contributed by atoms with Gasteiger partial charge in [-0.3, -0.25) is 4.90 Å². The number of sulfonamides is 1. The monoisotopic (exact) mass is 418 g/mol. The number of rotatable bonds is 6. The number of aliphatic carboxylic acids is 2. The van der Waals surface area contributed by atoms with Gasteiger partial charge in [0.05, 0.1) is 20.0 Å². The van der Waals surface area contributed by atoms with Gasteiger partial charge >= 0.3 is 11.9 Å². The highest BCUT2D eigenvalue weighted by atomic mass is 32.2. The number of ether oxygens (including phenoxy) is 2. The molecule has 10 nitrogen and oxygen atoms in total. The fraction of sp³-hybridized carbons (Fsp3) is 0.529. The number of carboxylic acids is 2. The van der Waals surface area contributed by atoms with Gasteiger partial charge in [-0.1, -0.05) is 6.07 Å². The van der Waals surface area contributed by atoms with Crippen LogP contribution >= 0.6 is 0 Å². The van der Waals surface area contributed by atoms with Crippen molar-refractivity contribution in [3.8, 4) is 11.5 Å². The van der Waals surface area contributed by atoms with Gasteiger partial charge in [-0.25, -0.2) is 18.0 Å². The van der Waals surface area contributed by atoms with Gasteiger partial charge in [-0.15, -0.1) is 0 Å². The lowest BCUT2D eigenvalue weighted by Crippen LogP contribution is -2.47. The first-order valence-corrected chi connectivity index (χ1v) is 10.4. The third-order valence-electron chi connectivity index (χ3n) is 3.92. The Balaban J connectivity index is 0.000000568. The summed E-state index contributed by atoms with van der Waals surface area (Å²) < 4.78 is 35.4. The van der Waals surface area contributed by atoms with Crippen molar-refractivity contribution in [1.82, 2.24) is 9.21 Å². The molecule has 0 aromatic heterocycles. The van der Waals surface area contributed by atoms with Gasteiger partial charge in [-0.2, -0.15) is 4.31 Å². The summed E-state index contributed by atoms with van der Waals surface area (Å²) in [6.07, 6.45) is 1.26. The van der Waals surface area contributed by atoms with Gasteiger partial charge in [0, 0.05) is 32.7 Å². The van der Waals surface area contributed by atoms with Gasteiger partial charge in [0.15, 0.2) is 11.5 Å². The van der Waals surface area contributed by atoms with E-state index in [1.165, 1.54) is 10.6 Å². The molecule has 1 saturated heterocycles. The van der Waals surface area contributed by atoms with Crippen molar-refractivity contribution < 1.29 is 37.7 Å². The number of piperazine rings is 1. The van der Waals surface area contributed by atoms with Crippen molar-refractivity contribution in [3.05, 3.63) is 23.8 Å². The van der Waals surface area contributed by atoms with Crippen LogP contribution in [0.4, 0.5) is 0 Å². The van der Waals surface area contributed by atoms with E-state index in [1.807, 2.05) is 25.1 Å². The number of methoxy groups -OCH3 is 1. The lowest BCUT2D eigenvalue weighted by molar-refractivity contribution is -0.159. The Bertz CT molecular complexity index is 761. The van der Waals surface area contributed by atoms with Gasteiger partial charge in [0.2, 0.25) is 10.0 Å². The minimum absolute atomic E-state index is 0.549. The summed E-state index contributed by atoms with van der Waals surface area (Å²) >= 11 is 0. The van der Waals surface area contributed by atoms with Crippen LogP contribution in [0.2, 0.25) is 0 Å². The van der Waals surface area contributed by atoms with E-state index in [4.69, 9.17) is 29.3 Å². The first-order chi connectivity index (χ1) is 13.1. The fourth-order valence-electron chi connectivity index (χ4n) is 2.56. The smallest absolute Gasteiger partial charge is 0.414 e. The van der Waals surface area contributed by atoms with Crippen LogP contribution in [-0.2, 0) is 26.2 Å². The molecule has 0 aliphatic carbocycles. The second kappa shape index (κ2) is 10.8. The van der Waals surface area contributed by atoms with Gasteiger partial charge in [-0.05, 0) is 24.6 Å². The minimum Gasteiger partial charge on any atom is -0.493 e. The molecule has 0 amide bonds. The average Bonchev–Trinajstić information content (AvgIpc) is 2.63. The highest BCUT2D eigenvalue weighted by Gasteiger charge is 2.23. The highest BCUT2D eigenvalue weighted by Crippen LogP contribution is 2.28. The molecule has 158 valence electrons. The molecule has 0 spiro atoms. The van der Waals surface area contributed by atoms with Crippen LogP contribution in [0.5, 0.6) is 11.5 Å². The van der Waals surface area contributed by atoms with Crippen molar-refractivity contribution >= 4 is 22.0 Å². The summed E-state index contributed by atoms with van der Waals surface area (Å²) in [6, 6.07) is 5.93. The van der Waals surface area contributed by atoms with E-state index in [0.29, 0.717) is 19.7 Å². The predicted octanol–water partition coefficient (Wildman–Crippen LogP) is 0.327. The Morgan fingerprint density at radius 2 is 1.64 bits per heavy atom. The first-order valence-electron chi connectivity index (χ1n) is 8.51. The van der Waals surface area contributed by atoms with Gasteiger partial charge in [0.1, 0.15) is 0 Å². The summed E-state index contributed by atoms with van der Waals surface area (Å²) in [4.78, 5) is 20.4. The summed E-state index contributed by atoms with van der Waals surface area (Å²) in [5.74, 6) is -2.17. The third-order valence-corrected chi connectivity index (χ3v) is 5.22. The van der Waals surface area contributed by atoms with Crippen LogP contribution < -0.4 is 9.47 Å². The van der Waals surface area contributed by atoms with Crippen molar-refractivity contribution in [1.29, 1.82) is 0 Å². The number of carboxylic acid groups (broad SMARTS) is 2. The average molecular weight is 418 g/mol. The highest BCUT2D eigenvalue weighted by molar-refractivity contribution is 7.88. The molecule has 0 unspecified atom stereocenters. The molecule has 0 atom stereocenters. The number of hydrogen-bond donors (Lipinski definition) is 2. The van der Waals surface area contributed by atoms with E-state index in [9.17, 15) is 8.42 Å². The van der Waals surface area contributed by atoms with Crippen LogP contribution in [0.3, 0.4) is 0 Å². The molecule has 0 bridgehead atoms. The molecule has 1 aliphatic rings. The van der Waals surface area contributed by atoms with Crippen molar-refractivity contribution in [2.75, 3.05) is 46.2 Å². The van der Waals surface area contributed by atoms with Crippen LogP contribution in [0.15, 0.2) is 18.2 Å². The second-order valence-electron chi connectivity index (χ2n) is 5.97. The number of nitrogens with zero attached hydrogens (tertiary/aromatic N) is 2. The van der Waals surface area contributed by atoms with E-state index in [0.717, 1.165) is 36.7 Å². The van der Waals surface area contributed by atoms with E-state index in [2.05, 4.69) is 4.90 Å². The SMILES string of the molecule is CCOc1ccc(CN2CCN(S(C)(=O)=O)CC2)cc1OC.O=C(O)C(=O)O. The second-order valence-corrected chi connectivity index (χ2v) is 7.95. The molecule has 11 heteroatoms. The molecule has 28 heavy (non-hydrogen) atoms. The van der Waals surface area contributed by atoms with E-state index < -0.39 is 22.0 Å². The zero-order chi connectivity index (χ0) is 21.3. The summed E-state index contributed by atoms with van der Waals surface area (Å²) in [5, 5.41) is 14.8. The van der Waals surface area contributed by atoms with Crippen molar-refractivity contribution in [2.45, 2.75) is 13.5 Å². The van der Waals surface area contributed by atoms with Crippen molar-refractivity contribution in [2.24, 2.45) is 0 Å². The standard InChI is InChI=1S/C15H24N2O4S.C2H2O4/c1-4-21-14-6-5-13(11-15(14)20-2)12-16-7-9-17(10-8-16)22(3,18)19;3-1(4)2(5)6/h5-6,11H,4,7-10,12H2,1-3H3;(H,3,4)(H,5,6). The molecule has 1 aromatic rings. The predicted molar refractivity (Wildman–Crippen MR) is 101 cm³/mol. The normalized spacial score (nSPS) is 15.2. The van der Waals surface area contributed by atoms with Gasteiger partial charge in [0.25, 0.3) is 0 Å². The minimum atomic E-state index is -3.07. The van der Waals surface area contributed by atoms with Crippen LogP contribution in [-0.4, -0.2) is 85.9 Å². The largest absolute Gasteiger partial charge is 0.493 e. The number of hydrogen-bond acceptors (Lipinski definition) is 7. The van der Waals surface area contributed by atoms with Crippen LogP contribution in [0, 0.1) is 0 Å². The zero-order valence-corrected chi connectivity index (χ0v) is 16.9. The Labute approximate surface area is 164 Å².